The minimum Gasteiger partial charge on any atom is -0.497 e. The summed E-state index contributed by atoms with van der Waals surface area (Å²) >= 11 is 0. The second-order valence-electron chi connectivity index (χ2n) is 6.96. The zero-order chi connectivity index (χ0) is 19.9. The van der Waals surface area contributed by atoms with Crippen molar-refractivity contribution in [2.24, 2.45) is 0 Å². The normalized spacial score (nSPS) is 11.7. The lowest BCUT2D eigenvalue weighted by atomic mass is 10.0. The van der Waals surface area contributed by atoms with E-state index in [9.17, 15) is 4.79 Å². The number of benzene rings is 2. The maximum absolute atomic E-state index is 12.7. The molecule has 1 heterocycles. The molecule has 1 amide bonds. The quantitative estimate of drug-likeness (QED) is 0.648. The van der Waals surface area contributed by atoms with Crippen LogP contribution < -0.4 is 15.0 Å². The fourth-order valence-electron chi connectivity index (χ4n) is 3.16. The van der Waals surface area contributed by atoms with E-state index in [-0.39, 0.29) is 11.9 Å². The van der Waals surface area contributed by atoms with Gasteiger partial charge in [-0.3, -0.25) is 4.79 Å². The van der Waals surface area contributed by atoms with Crippen LogP contribution in [0, 0.1) is 0 Å². The van der Waals surface area contributed by atoms with Crippen molar-refractivity contribution in [3.63, 3.8) is 0 Å². The van der Waals surface area contributed by atoms with Crippen molar-refractivity contribution in [3.05, 3.63) is 84.2 Å². The number of ether oxygens (including phenoxy) is 1. The van der Waals surface area contributed by atoms with Crippen molar-refractivity contribution in [1.82, 2.24) is 9.88 Å². The molecule has 1 aromatic heterocycles. The Morgan fingerprint density at radius 1 is 1.07 bits per heavy atom. The molecule has 5 nitrogen and oxygen atoms in total. The summed E-state index contributed by atoms with van der Waals surface area (Å²) in [6.45, 7) is 0.517. The van der Waals surface area contributed by atoms with Gasteiger partial charge in [0.15, 0.2) is 0 Å². The molecule has 0 saturated carbocycles. The first-order valence-corrected chi connectivity index (χ1v) is 9.36. The Morgan fingerprint density at radius 3 is 2.43 bits per heavy atom. The number of hydrogen-bond donors (Lipinski definition) is 1. The first kappa shape index (κ1) is 19.5. The van der Waals surface area contributed by atoms with Gasteiger partial charge in [0.05, 0.1) is 19.6 Å². The fourth-order valence-corrected chi connectivity index (χ4v) is 3.16. The van der Waals surface area contributed by atoms with Crippen LogP contribution in [0.1, 0.15) is 23.6 Å². The van der Waals surface area contributed by atoms with Crippen LogP contribution in [0.5, 0.6) is 5.75 Å². The van der Waals surface area contributed by atoms with E-state index >= 15 is 0 Å². The summed E-state index contributed by atoms with van der Waals surface area (Å²) in [5, 5.41) is 3.04. The lowest BCUT2D eigenvalue weighted by molar-refractivity contribution is -0.121. The molecule has 3 rings (SSSR count). The van der Waals surface area contributed by atoms with Gasteiger partial charge in [-0.05, 0) is 47.5 Å². The van der Waals surface area contributed by atoms with Gasteiger partial charge in [0, 0.05) is 38.7 Å². The second-order valence-corrected chi connectivity index (χ2v) is 6.96. The number of anilines is 1. The van der Waals surface area contributed by atoms with Gasteiger partial charge in [0.1, 0.15) is 5.75 Å². The number of hydrogen-bond acceptors (Lipinski definition) is 3. The van der Waals surface area contributed by atoms with E-state index < -0.39 is 0 Å². The molecular weight excluding hydrogens is 350 g/mol. The number of nitrogens with one attached hydrogen (secondary N) is 1. The van der Waals surface area contributed by atoms with E-state index in [0.29, 0.717) is 13.0 Å². The van der Waals surface area contributed by atoms with Crippen LogP contribution in [0.3, 0.4) is 0 Å². The molecule has 0 aliphatic rings. The van der Waals surface area contributed by atoms with E-state index in [1.807, 2.05) is 75.0 Å². The molecule has 3 aromatic rings. The van der Waals surface area contributed by atoms with Gasteiger partial charge in [0.2, 0.25) is 5.91 Å². The number of carbonyl (C=O) groups excluding carboxylic acids is 1. The molecule has 1 N–H and O–H groups in total. The van der Waals surface area contributed by atoms with Gasteiger partial charge in [-0.1, -0.05) is 24.3 Å². The Bertz CT molecular complexity index is 886. The number of amides is 1. The summed E-state index contributed by atoms with van der Waals surface area (Å²) < 4.78 is 7.40. The monoisotopic (exact) mass is 377 g/mol. The fraction of sp³-hybridized carbons (Fsp3) is 0.261. The predicted octanol–water partition coefficient (Wildman–Crippen LogP) is 3.86. The molecule has 0 spiro atoms. The highest BCUT2D eigenvalue weighted by atomic mass is 16.5. The lowest BCUT2D eigenvalue weighted by Gasteiger charge is -2.20. The Labute approximate surface area is 166 Å². The molecular formula is C23H27N3O2. The largest absolute Gasteiger partial charge is 0.497 e. The third kappa shape index (κ3) is 4.94. The van der Waals surface area contributed by atoms with Crippen molar-refractivity contribution in [3.8, 4) is 5.75 Å². The number of aromatic nitrogens is 1. The summed E-state index contributed by atoms with van der Waals surface area (Å²) in [7, 11) is 5.67. The molecule has 0 aliphatic carbocycles. The Hall–Kier alpha value is -3.21. The Morgan fingerprint density at radius 2 is 1.79 bits per heavy atom. The summed E-state index contributed by atoms with van der Waals surface area (Å²) in [6, 6.07) is 19.9. The average Bonchev–Trinajstić information content (AvgIpc) is 3.25. The SMILES string of the molecule is COc1cccc(C(CC(=O)NCc2ccc(N(C)C)cc2)n2cccc2)c1. The van der Waals surface area contributed by atoms with Crippen LogP contribution in [0.4, 0.5) is 5.69 Å². The number of carbonyl (C=O) groups is 1. The van der Waals surface area contributed by atoms with Gasteiger partial charge in [0.25, 0.3) is 0 Å². The van der Waals surface area contributed by atoms with Crippen molar-refractivity contribution >= 4 is 11.6 Å². The summed E-state index contributed by atoms with van der Waals surface area (Å²) in [6.07, 6.45) is 4.33. The molecule has 1 atom stereocenters. The average molecular weight is 377 g/mol. The van der Waals surface area contributed by atoms with Crippen LogP contribution in [-0.4, -0.2) is 31.7 Å². The minimum absolute atomic E-state index is 0.0122. The number of nitrogens with zero attached hydrogens (tertiary/aromatic N) is 2. The molecule has 0 radical (unpaired) electrons. The molecule has 1 unspecified atom stereocenters. The molecule has 0 fully saturated rings. The highest BCUT2D eigenvalue weighted by Gasteiger charge is 2.18. The molecule has 0 bridgehead atoms. The Kier molecular flexibility index (Phi) is 6.37. The zero-order valence-electron chi connectivity index (χ0n) is 16.6. The topological polar surface area (TPSA) is 46.5 Å². The minimum atomic E-state index is -0.0822. The number of rotatable bonds is 8. The molecule has 5 heteroatoms. The third-order valence-corrected chi connectivity index (χ3v) is 4.79. The van der Waals surface area contributed by atoms with Crippen molar-refractivity contribution in [1.29, 1.82) is 0 Å². The van der Waals surface area contributed by atoms with Gasteiger partial charge in [-0.15, -0.1) is 0 Å². The van der Waals surface area contributed by atoms with Gasteiger partial charge >= 0.3 is 0 Å². The van der Waals surface area contributed by atoms with E-state index in [2.05, 4.69) is 26.9 Å². The highest BCUT2D eigenvalue weighted by molar-refractivity contribution is 5.77. The maximum Gasteiger partial charge on any atom is 0.222 e. The summed E-state index contributed by atoms with van der Waals surface area (Å²) in [5.74, 6) is 0.800. The van der Waals surface area contributed by atoms with Crippen LogP contribution in [0.15, 0.2) is 73.1 Å². The van der Waals surface area contributed by atoms with Crippen LogP contribution >= 0.6 is 0 Å². The predicted molar refractivity (Wildman–Crippen MR) is 113 cm³/mol. The highest BCUT2D eigenvalue weighted by Crippen LogP contribution is 2.25. The lowest BCUT2D eigenvalue weighted by Crippen LogP contribution is -2.26. The molecule has 146 valence electrons. The summed E-state index contributed by atoms with van der Waals surface area (Å²) in [5.41, 5.74) is 3.26. The van der Waals surface area contributed by atoms with Crippen molar-refractivity contribution < 1.29 is 9.53 Å². The van der Waals surface area contributed by atoms with Crippen LogP contribution in [0.25, 0.3) is 0 Å². The second kappa shape index (κ2) is 9.13. The molecule has 0 saturated heterocycles. The zero-order valence-corrected chi connectivity index (χ0v) is 16.6. The van der Waals surface area contributed by atoms with Crippen LogP contribution in [0.2, 0.25) is 0 Å². The Balaban J connectivity index is 1.67. The smallest absolute Gasteiger partial charge is 0.222 e. The summed E-state index contributed by atoms with van der Waals surface area (Å²) in [4.78, 5) is 14.7. The van der Waals surface area contributed by atoms with E-state index in [1.54, 1.807) is 7.11 Å². The van der Waals surface area contributed by atoms with Gasteiger partial charge in [-0.2, -0.15) is 0 Å². The van der Waals surface area contributed by atoms with Crippen molar-refractivity contribution in [2.45, 2.75) is 19.0 Å². The van der Waals surface area contributed by atoms with E-state index in [0.717, 1.165) is 22.6 Å². The third-order valence-electron chi connectivity index (χ3n) is 4.79. The van der Waals surface area contributed by atoms with Crippen molar-refractivity contribution in [2.75, 3.05) is 26.1 Å². The van der Waals surface area contributed by atoms with Gasteiger partial charge in [-0.25, -0.2) is 0 Å². The van der Waals surface area contributed by atoms with Crippen LogP contribution in [-0.2, 0) is 11.3 Å². The first-order valence-electron chi connectivity index (χ1n) is 9.36. The van der Waals surface area contributed by atoms with E-state index in [1.165, 1.54) is 0 Å². The standard InChI is InChI=1S/C23H27N3O2/c1-25(2)20-11-9-18(10-12-20)17-24-23(27)16-22(26-13-4-5-14-26)19-7-6-8-21(15-19)28-3/h4-15,22H,16-17H2,1-3H3,(H,24,27). The molecule has 0 aliphatic heterocycles. The van der Waals surface area contributed by atoms with Gasteiger partial charge < -0.3 is 19.5 Å². The maximum atomic E-state index is 12.7. The first-order chi connectivity index (χ1) is 13.6. The molecule has 2 aromatic carbocycles. The number of methoxy groups -OCH3 is 1. The van der Waals surface area contributed by atoms with E-state index in [4.69, 9.17) is 4.74 Å². The molecule has 28 heavy (non-hydrogen) atoms.